The summed E-state index contributed by atoms with van der Waals surface area (Å²) in [5, 5.41) is 13.5. The first kappa shape index (κ1) is 20.7. The van der Waals surface area contributed by atoms with E-state index in [4.69, 9.17) is 9.84 Å². The van der Waals surface area contributed by atoms with Crippen LogP contribution >= 0.6 is 15.9 Å². The van der Waals surface area contributed by atoms with Crippen LogP contribution in [0.1, 0.15) is 32.2 Å². The van der Waals surface area contributed by atoms with Crippen LogP contribution in [0.4, 0.5) is 0 Å². The molecule has 3 aromatic rings. The number of rotatable bonds is 5. The van der Waals surface area contributed by atoms with Gasteiger partial charge in [0, 0.05) is 9.89 Å². The number of hydrogen-bond acceptors (Lipinski definition) is 5. The third kappa shape index (κ3) is 4.89. The first-order valence-electron chi connectivity index (χ1n) is 8.87. The average Bonchev–Trinajstić information content (AvgIpc) is 2.66. The Morgan fingerprint density at radius 2 is 1.93 bits per heavy atom. The van der Waals surface area contributed by atoms with Gasteiger partial charge in [0.25, 0.3) is 5.56 Å². The number of aromatic nitrogens is 2. The summed E-state index contributed by atoms with van der Waals surface area (Å²) in [6, 6.07) is 12.1. The lowest BCUT2D eigenvalue weighted by molar-refractivity contribution is -0.139. The number of halogens is 1. The molecule has 0 saturated heterocycles. The Balaban J connectivity index is 2.01. The first-order chi connectivity index (χ1) is 13.6. The Bertz CT molecular complexity index is 1150. The van der Waals surface area contributed by atoms with Crippen LogP contribution in [0.2, 0.25) is 0 Å². The Morgan fingerprint density at radius 1 is 1.24 bits per heavy atom. The molecule has 7 nitrogen and oxygen atoms in total. The molecule has 2 aromatic carbocycles. The number of aliphatic carboxylic acids is 1. The fourth-order valence-corrected chi connectivity index (χ4v) is 3.02. The smallest absolute Gasteiger partial charge is 0.341 e. The summed E-state index contributed by atoms with van der Waals surface area (Å²) in [6.07, 6.45) is 1.56. The van der Waals surface area contributed by atoms with Gasteiger partial charge in [-0.15, -0.1) is 0 Å². The van der Waals surface area contributed by atoms with Crippen molar-refractivity contribution in [3.05, 3.63) is 68.7 Å². The molecule has 1 aromatic heterocycles. The molecule has 0 atom stereocenters. The van der Waals surface area contributed by atoms with Crippen molar-refractivity contribution in [2.75, 3.05) is 6.61 Å². The summed E-state index contributed by atoms with van der Waals surface area (Å²) in [6.45, 7) is 5.51. The van der Waals surface area contributed by atoms with Gasteiger partial charge in [-0.25, -0.2) is 9.78 Å². The van der Waals surface area contributed by atoms with Crippen LogP contribution in [-0.2, 0) is 10.2 Å². The van der Waals surface area contributed by atoms with Gasteiger partial charge in [0.05, 0.1) is 17.1 Å². The van der Waals surface area contributed by atoms with Gasteiger partial charge in [-0.1, -0.05) is 36.7 Å². The number of carboxylic acids is 1. The van der Waals surface area contributed by atoms with Crippen molar-refractivity contribution >= 4 is 39.0 Å². The second kappa shape index (κ2) is 8.16. The molecular weight excluding hydrogens is 438 g/mol. The molecule has 3 rings (SSSR count). The highest BCUT2D eigenvalue weighted by Crippen LogP contribution is 2.23. The number of fused-ring (bicyclic) bond motifs is 1. The van der Waals surface area contributed by atoms with Crippen molar-refractivity contribution in [2.24, 2.45) is 5.10 Å². The summed E-state index contributed by atoms with van der Waals surface area (Å²) in [7, 11) is 0. The number of ether oxygens (including phenoxy) is 1. The van der Waals surface area contributed by atoms with Gasteiger partial charge < -0.3 is 9.84 Å². The highest BCUT2D eigenvalue weighted by atomic mass is 79.9. The molecule has 0 aliphatic rings. The van der Waals surface area contributed by atoms with E-state index in [1.54, 1.807) is 42.6 Å². The molecule has 8 heteroatoms. The maximum atomic E-state index is 13.1. The molecule has 0 saturated carbocycles. The van der Waals surface area contributed by atoms with Gasteiger partial charge in [-0.05, 0) is 48.0 Å². The summed E-state index contributed by atoms with van der Waals surface area (Å²) in [4.78, 5) is 28.3. The zero-order valence-corrected chi connectivity index (χ0v) is 17.8. The van der Waals surface area contributed by atoms with E-state index in [1.807, 2.05) is 26.8 Å². The molecular formula is C21H20BrN3O4. The predicted molar refractivity (Wildman–Crippen MR) is 115 cm³/mol. The Kier molecular flexibility index (Phi) is 5.83. The molecule has 0 aliphatic heterocycles. The van der Waals surface area contributed by atoms with Crippen LogP contribution in [0.5, 0.6) is 5.75 Å². The van der Waals surface area contributed by atoms with E-state index in [-0.39, 0.29) is 5.56 Å². The fourth-order valence-electron chi connectivity index (χ4n) is 2.66. The van der Waals surface area contributed by atoms with E-state index < -0.39 is 18.0 Å². The average molecular weight is 458 g/mol. The molecule has 0 aliphatic carbocycles. The fraction of sp³-hybridized carbons (Fsp3) is 0.238. The highest BCUT2D eigenvalue weighted by Gasteiger charge is 2.22. The largest absolute Gasteiger partial charge is 0.482 e. The minimum Gasteiger partial charge on any atom is -0.482 e. The SMILES string of the molecule is CC(C)(C)c1nc2ccc(Br)cc2c(=O)n1N=Cc1ccc(OCC(=O)O)cc1. The highest BCUT2D eigenvalue weighted by molar-refractivity contribution is 9.10. The number of hydrogen-bond donors (Lipinski definition) is 1. The van der Waals surface area contributed by atoms with E-state index in [2.05, 4.69) is 26.0 Å². The molecule has 150 valence electrons. The molecule has 1 N–H and O–H groups in total. The monoisotopic (exact) mass is 457 g/mol. The van der Waals surface area contributed by atoms with Crippen molar-refractivity contribution in [2.45, 2.75) is 26.2 Å². The Labute approximate surface area is 175 Å². The summed E-state index contributed by atoms with van der Waals surface area (Å²) in [5.74, 6) is -0.0514. The van der Waals surface area contributed by atoms with E-state index in [0.29, 0.717) is 22.5 Å². The minimum absolute atomic E-state index is 0.251. The van der Waals surface area contributed by atoms with Crippen LogP contribution in [-0.4, -0.2) is 33.6 Å². The molecule has 0 spiro atoms. The Hall–Kier alpha value is -3.00. The van der Waals surface area contributed by atoms with E-state index in [9.17, 15) is 9.59 Å². The maximum Gasteiger partial charge on any atom is 0.341 e. The van der Waals surface area contributed by atoms with Crippen molar-refractivity contribution in [1.29, 1.82) is 0 Å². The van der Waals surface area contributed by atoms with Crippen LogP contribution in [0.25, 0.3) is 10.9 Å². The van der Waals surface area contributed by atoms with E-state index >= 15 is 0 Å². The zero-order valence-electron chi connectivity index (χ0n) is 16.2. The molecule has 0 bridgehead atoms. The summed E-state index contributed by atoms with van der Waals surface area (Å²) in [5.41, 5.74) is 0.703. The van der Waals surface area contributed by atoms with Crippen LogP contribution < -0.4 is 10.3 Å². The Morgan fingerprint density at radius 3 is 2.55 bits per heavy atom. The minimum atomic E-state index is -1.04. The predicted octanol–water partition coefficient (Wildman–Crippen LogP) is 3.80. The standard InChI is InChI=1S/C21H20BrN3O4/c1-21(2,3)20-24-17-9-6-14(22)10-16(17)19(28)25(20)23-11-13-4-7-15(8-5-13)29-12-18(26)27/h4-11H,12H2,1-3H3,(H,26,27). The van der Waals surface area contributed by atoms with Crippen LogP contribution in [0, 0.1) is 0 Å². The molecule has 1 heterocycles. The number of benzene rings is 2. The van der Waals surface area contributed by atoms with Gasteiger partial charge in [0.15, 0.2) is 6.61 Å². The number of carbonyl (C=O) groups is 1. The zero-order chi connectivity index (χ0) is 21.2. The van der Waals surface area contributed by atoms with Gasteiger partial charge in [-0.3, -0.25) is 4.79 Å². The van der Waals surface area contributed by atoms with Gasteiger partial charge in [-0.2, -0.15) is 9.78 Å². The van der Waals surface area contributed by atoms with Crippen molar-refractivity contribution in [3.8, 4) is 5.75 Å². The summed E-state index contributed by atoms with van der Waals surface area (Å²) < 4.78 is 7.23. The number of carboxylic acid groups (broad SMARTS) is 1. The van der Waals surface area contributed by atoms with Gasteiger partial charge >= 0.3 is 5.97 Å². The van der Waals surface area contributed by atoms with Crippen molar-refractivity contribution in [1.82, 2.24) is 9.66 Å². The lowest BCUT2D eigenvalue weighted by Crippen LogP contribution is -2.29. The molecule has 29 heavy (non-hydrogen) atoms. The van der Waals surface area contributed by atoms with Gasteiger partial charge in [0.2, 0.25) is 0 Å². The van der Waals surface area contributed by atoms with Crippen LogP contribution in [0.15, 0.2) is 56.8 Å². The number of nitrogens with zero attached hydrogens (tertiary/aromatic N) is 3. The van der Waals surface area contributed by atoms with E-state index in [1.165, 1.54) is 4.68 Å². The molecule has 0 unspecified atom stereocenters. The van der Waals surface area contributed by atoms with Crippen LogP contribution in [0.3, 0.4) is 0 Å². The van der Waals surface area contributed by atoms with Crippen molar-refractivity contribution < 1.29 is 14.6 Å². The van der Waals surface area contributed by atoms with E-state index in [0.717, 1.165) is 10.0 Å². The second-order valence-corrected chi connectivity index (χ2v) is 8.38. The third-order valence-corrected chi connectivity index (χ3v) is 4.54. The topological polar surface area (TPSA) is 93.8 Å². The summed E-state index contributed by atoms with van der Waals surface area (Å²) >= 11 is 3.39. The van der Waals surface area contributed by atoms with Crippen molar-refractivity contribution in [3.63, 3.8) is 0 Å². The molecule has 0 fully saturated rings. The maximum absolute atomic E-state index is 13.1. The molecule has 0 amide bonds. The molecule has 0 radical (unpaired) electrons. The first-order valence-corrected chi connectivity index (χ1v) is 9.66. The normalized spacial score (nSPS) is 11.9. The quantitative estimate of drug-likeness (QED) is 0.587. The third-order valence-electron chi connectivity index (χ3n) is 4.04. The van der Waals surface area contributed by atoms with Gasteiger partial charge in [0.1, 0.15) is 11.6 Å². The lowest BCUT2D eigenvalue weighted by atomic mass is 9.95. The second-order valence-electron chi connectivity index (χ2n) is 7.46. The lowest BCUT2D eigenvalue weighted by Gasteiger charge is -2.20.